The second-order valence-corrected chi connectivity index (χ2v) is 3.51. The Labute approximate surface area is 90.7 Å². The topological polar surface area (TPSA) is 32.3 Å². The number of likely N-dealkylation sites (N-methyl/N-ethyl adjacent to an activating group) is 1. The molecular weight excluding hydrogens is 198 g/mol. The minimum atomic E-state index is -0.323. The predicted molar refractivity (Wildman–Crippen MR) is 59.8 cm³/mol. The fourth-order valence-electron chi connectivity index (χ4n) is 2.02. The van der Waals surface area contributed by atoms with E-state index in [1.54, 1.807) is 0 Å². The Balaban J connectivity index is 0.000000980. The molecule has 2 rings (SSSR count). The summed E-state index contributed by atoms with van der Waals surface area (Å²) < 4.78 is 0. The van der Waals surface area contributed by atoms with Gasteiger partial charge in [0.25, 0.3) is 0 Å². The van der Waals surface area contributed by atoms with Crippen LogP contribution in [-0.2, 0) is 6.42 Å². The minimum Gasteiger partial charge on any atom is -0.387 e. The molecule has 0 aromatic heterocycles. The summed E-state index contributed by atoms with van der Waals surface area (Å²) in [6.45, 7) is 2.98. The van der Waals surface area contributed by atoms with Crippen molar-refractivity contribution >= 4 is 12.4 Å². The second-order valence-electron chi connectivity index (χ2n) is 3.51. The Morgan fingerprint density at radius 1 is 1.43 bits per heavy atom. The number of nitrogens with one attached hydrogen (secondary N) is 1. The number of aliphatic hydroxyl groups is 1. The number of rotatable bonds is 2. The monoisotopic (exact) mass is 213 g/mol. The Morgan fingerprint density at radius 3 is 2.79 bits per heavy atom. The Bertz CT molecular complexity index is 303. The van der Waals surface area contributed by atoms with Crippen molar-refractivity contribution < 1.29 is 5.11 Å². The molecule has 78 valence electrons. The molecule has 2 unspecified atom stereocenters. The van der Waals surface area contributed by atoms with Crippen LogP contribution >= 0.6 is 12.4 Å². The maximum Gasteiger partial charge on any atom is 0.0948 e. The van der Waals surface area contributed by atoms with Crippen LogP contribution in [0.1, 0.15) is 24.2 Å². The molecule has 0 spiro atoms. The summed E-state index contributed by atoms with van der Waals surface area (Å²) in [5.74, 6) is 0. The SMILES string of the molecule is CCNC1Cc2ccccc2C1O.Cl. The van der Waals surface area contributed by atoms with Gasteiger partial charge in [-0.1, -0.05) is 31.2 Å². The molecule has 0 amide bonds. The Kier molecular flexibility index (Phi) is 3.93. The van der Waals surface area contributed by atoms with Gasteiger partial charge in [-0.15, -0.1) is 12.4 Å². The van der Waals surface area contributed by atoms with E-state index in [1.165, 1.54) is 5.56 Å². The van der Waals surface area contributed by atoms with E-state index < -0.39 is 0 Å². The zero-order valence-corrected chi connectivity index (χ0v) is 9.05. The molecule has 1 aliphatic carbocycles. The lowest BCUT2D eigenvalue weighted by molar-refractivity contribution is 0.143. The van der Waals surface area contributed by atoms with Gasteiger partial charge in [-0.2, -0.15) is 0 Å². The normalized spacial score (nSPS) is 24.1. The van der Waals surface area contributed by atoms with Crippen molar-refractivity contribution in [3.8, 4) is 0 Å². The van der Waals surface area contributed by atoms with Gasteiger partial charge in [0, 0.05) is 6.04 Å². The molecule has 1 aromatic rings. The third kappa shape index (κ3) is 1.92. The number of benzene rings is 1. The summed E-state index contributed by atoms with van der Waals surface area (Å²) in [4.78, 5) is 0. The lowest BCUT2D eigenvalue weighted by Crippen LogP contribution is -2.32. The van der Waals surface area contributed by atoms with Crippen LogP contribution in [0.3, 0.4) is 0 Å². The van der Waals surface area contributed by atoms with E-state index in [0.29, 0.717) is 0 Å². The molecule has 2 nitrogen and oxygen atoms in total. The predicted octanol–water partition coefficient (Wildman–Crippen LogP) is 1.68. The third-order valence-corrected chi connectivity index (χ3v) is 2.66. The zero-order valence-electron chi connectivity index (χ0n) is 8.23. The lowest BCUT2D eigenvalue weighted by atomic mass is 10.1. The average molecular weight is 214 g/mol. The van der Waals surface area contributed by atoms with E-state index in [9.17, 15) is 5.11 Å². The van der Waals surface area contributed by atoms with Gasteiger partial charge in [0.15, 0.2) is 0 Å². The molecule has 0 aliphatic heterocycles. The van der Waals surface area contributed by atoms with Crippen molar-refractivity contribution in [2.24, 2.45) is 0 Å². The summed E-state index contributed by atoms with van der Waals surface area (Å²) in [5, 5.41) is 13.2. The fourth-order valence-corrected chi connectivity index (χ4v) is 2.02. The molecule has 2 N–H and O–H groups in total. The Morgan fingerprint density at radius 2 is 2.14 bits per heavy atom. The summed E-state index contributed by atoms with van der Waals surface area (Å²) in [5.41, 5.74) is 2.37. The second kappa shape index (κ2) is 4.78. The lowest BCUT2D eigenvalue weighted by Gasteiger charge is -2.15. The maximum absolute atomic E-state index is 9.91. The number of fused-ring (bicyclic) bond motifs is 1. The molecular formula is C11H16ClNO. The highest BCUT2D eigenvalue weighted by molar-refractivity contribution is 5.85. The van der Waals surface area contributed by atoms with Crippen molar-refractivity contribution in [1.29, 1.82) is 0 Å². The van der Waals surface area contributed by atoms with E-state index in [4.69, 9.17) is 0 Å². The highest BCUT2D eigenvalue weighted by Gasteiger charge is 2.29. The third-order valence-electron chi connectivity index (χ3n) is 2.66. The summed E-state index contributed by atoms with van der Waals surface area (Å²) in [7, 11) is 0. The number of aliphatic hydroxyl groups excluding tert-OH is 1. The largest absolute Gasteiger partial charge is 0.387 e. The summed E-state index contributed by atoms with van der Waals surface area (Å²) >= 11 is 0. The molecule has 0 heterocycles. The van der Waals surface area contributed by atoms with Crippen LogP contribution in [-0.4, -0.2) is 17.7 Å². The first-order valence-electron chi connectivity index (χ1n) is 4.82. The molecule has 0 saturated carbocycles. The smallest absolute Gasteiger partial charge is 0.0948 e. The van der Waals surface area contributed by atoms with Gasteiger partial charge in [0.05, 0.1) is 6.10 Å². The van der Waals surface area contributed by atoms with Crippen LogP contribution in [0.4, 0.5) is 0 Å². The van der Waals surface area contributed by atoms with E-state index in [2.05, 4.69) is 18.3 Å². The molecule has 1 aromatic carbocycles. The highest BCUT2D eigenvalue weighted by atomic mass is 35.5. The van der Waals surface area contributed by atoms with Gasteiger partial charge in [-0.05, 0) is 24.1 Å². The van der Waals surface area contributed by atoms with Gasteiger partial charge >= 0.3 is 0 Å². The molecule has 0 fully saturated rings. The van der Waals surface area contributed by atoms with E-state index in [-0.39, 0.29) is 24.6 Å². The van der Waals surface area contributed by atoms with Crippen LogP contribution in [0.15, 0.2) is 24.3 Å². The number of hydrogen-bond donors (Lipinski definition) is 2. The molecule has 0 saturated heterocycles. The van der Waals surface area contributed by atoms with Crippen molar-refractivity contribution in [3.63, 3.8) is 0 Å². The highest BCUT2D eigenvalue weighted by Crippen LogP contribution is 2.30. The first kappa shape index (κ1) is 11.5. The van der Waals surface area contributed by atoms with Crippen LogP contribution in [0.5, 0.6) is 0 Å². The number of halogens is 1. The Hall–Kier alpha value is -0.570. The molecule has 3 heteroatoms. The average Bonchev–Trinajstić information content (AvgIpc) is 2.46. The van der Waals surface area contributed by atoms with Crippen LogP contribution in [0.25, 0.3) is 0 Å². The van der Waals surface area contributed by atoms with Crippen molar-refractivity contribution in [1.82, 2.24) is 5.32 Å². The molecule has 0 bridgehead atoms. The molecule has 0 radical (unpaired) electrons. The number of hydrogen-bond acceptors (Lipinski definition) is 2. The maximum atomic E-state index is 9.91. The zero-order chi connectivity index (χ0) is 9.26. The first-order valence-corrected chi connectivity index (χ1v) is 4.82. The molecule has 1 aliphatic rings. The van der Waals surface area contributed by atoms with Gasteiger partial charge < -0.3 is 10.4 Å². The van der Waals surface area contributed by atoms with Crippen molar-refractivity contribution in [3.05, 3.63) is 35.4 Å². The van der Waals surface area contributed by atoms with Gasteiger partial charge in [0.2, 0.25) is 0 Å². The van der Waals surface area contributed by atoms with E-state index in [1.807, 2.05) is 18.2 Å². The standard InChI is InChI=1S/C11H15NO.ClH/c1-2-12-10-7-8-5-3-4-6-9(8)11(10)13;/h3-6,10-13H,2,7H2,1H3;1H. The van der Waals surface area contributed by atoms with Gasteiger partial charge in [-0.25, -0.2) is 0 Å². The van der Waals surface area contributed by atoms with Crippen LogP contribution in [0.2, 0.25) is 0 Å². The quantitative estimate of drug-likeness (QED) is 0.784. The van der Waals surface area contributed by atoms with E-state index >= 15 is 0 Å². The minimum absolute atomic E-state index is 0. The fraction of sp³-hybridized carbons (Fsp3) is 0.455. The molecule has 14 heavy (non-hydrogen) atoms. The van der Waals surface area contributed by atoms with Crippen LogP contribution in [0, 0.1) is 0 Å². The van der Waals surface area contributed by atoms with E-state index in [0.717, 1.165) is 18.5 Å². The van der Waals surface area contributed by atoms with Gasteiger partial charge in [0.1, 0.15) is 0 Å². The summed E-state index contributed by atoms with van der Waals surface area (Å²) in [6, 6.07) is 8.33. The van der Waals surface area contributed by atoms with Gasteiger partial charge in [-0.3, -0.25) is 0 Å². The molecule has 2 atom stereocenters. The summed E-state index contributed by atoms with van der Waals surface area (Å²) in [6.07, 6.45) is 0.627. The van der Waals surface area contributed by atoms with Crippen LogP contribution < -0.4 is 5.32 Å². The van der Waals surface area contributed by atoms with Crippen molar-refractivity contribution in [2.45, 2.75) is 25.5 Å². The van der Waals surface area contributed by atoms with Crippen molar-refractivity contribution in [2.75, 3.05) is 6.54 Å². The first-order chi connectivity index (χ1) is 6.33.